The molecule has 4 unspecified atom stereocenters. The van der Waals surface area contributed by atoms with Gasteiger partial charge < -0.3 is 10.2 Å². The Morgan fingerprint density at radius 1 is 1.55 bits per heavy atom. The molecule has 2 aliphatic carbocycles. The summed E-state index contributed by atoms with van der Waals surface area (Å²) >= 11 is 0. The lowest BCUT2D eigenvalue weighted by Gasteiger charge is -2.27. The van der Waals surface area contributed by atoms with E-state index < -0.39 is 11.8 Å². The summed E-state index contributed by atoms with van der Waals surface area (Å²) < 4.78 is 0. The van der Waals surface area contributed by atoms with Gasteiger partial charge in [-0.1, -0.05) is 12.2 Å². The molecular weight excluding hydrogens is 144 g/mol. The summed E-state index contributed by atoms with van der Waals surface area (Å²) in [4.78, 5) is 0. The lowest BCUT2D eigenvalue weighted by atomic mass is 9.95. The Balaban J connectivity index is 2.38. The Labute approximate surface area is 64.1 Å². The Morgan fingerprint density at radius 3 is 2.64 bits per heavy atom. The van der Waals surface area contributed by atoms with Gasteiger partial charge in [0.2, 0.25) is 5.72 Å². The van der Waals surface area contributed by atoms with Gasteiger partial charge in [-0.05, 0) is 6.42 Å². The van der Waals surface area contributed by atoms with Crippen molar-refractivity contribution < 1.29 is 10.2 Å². The van der Waals surface area contributed by atoms with Crippen molar-refractivity contribution in [3.63, 3.8) is 0 Å². The predicted octanol–water partition coefficient (Wildman–Crippen LogP) is 0.273. The number of fused-ring (bicyclic) bond motifs is 2. The molecule has 0 radical (unpaired) electrons. The van der Waals surface area contributed by atoms with E-state index in [0.717, 1.165) is 6.42 Å². The highest BCUT2D eigenvalue weighted by Crippen LogP contribution is 2.46. The molecule has 0 aromatic heterocycles. The van der Waals surface area contributed by atoms with Crippen LogP contribution in [0, 0.1) is 17.4 Å². The Hall–Kier alpha value is -0.740. The number of hydrogen-bond donors (Lipinski definition) is 3. The Kier molecular flexibility index (Phi) is 1.20. The normalized spacial score (nSPS) is 53.5. The molecule has 0 saturated heterocycles. The summed E-state index contributed by atoms with van der Waals surface area (Å²) in [5.41, 5.74) is 5.23. The van der Waals surface area contributed by atoms with E-state index in [2.05, 4.69) is 5.11 Å². The molecule has 0 aromatic rings. The first-order chi connectivity index (χ1) is 5.18. The van der Waals surface area contributed by atoms with Crippen LogP contribution >= 0.6 is 0 Å². The third-order valence-electron chi connectivity index (χ3n) is 2.68. The van der Waals surface area contributed by atoms with E-state index in [4.69, 9.17) is 5.53 Å². The Morgan fingerprint density at radius 2 is 2.27 bits per heavy atom. The van der Waals surface area contributed by atoms with Gasteiger partial charge in [-0.2, -0.15) is 5.11 Å². The van der Waals surface area contributed by atoms with Gasteiger partial charge in [0.1, 0.15) is 6.10 Å². The second-order valence-electron chi connectivity index (χ2n) is 3.23. The fourth-order valence-electron chi connectivity index (χ4n) is 1.96. The van der Waals surface area contributed by atoms with Gasteiger partial charge in [-0.3, -0.25) is 0 Å². The third-order valence-corrected chi connectivity index (χ3v) is 2.68. The van der Waals surface area contributed by atoms with Crippen molar-refractivity contribution in [2.45, 2.75) is 18.2 Å². The quantitative estimate of drug-likeness (QED) is 0.374. The van der Waals surface area contributed by atoms with Crippen molar-refractivity contribution in [3.8, 4) is 0 Å². The van der Waals surface area contributed by atoms with Crippen LogP contribution in [0.5, 0.6) is 0 Å². The predicted molar refractivity (Wildman–Crippen MR) is 36.8 cm³/mol. The molecule has 1 saturated carbocycles. The molecule has 0 aromatic carbocycles. The molecule has 2 rings (SSSR count). The maximum Gasteiger partial charge on any atom is 0.208 e. The first-order valence-electron chi connectivity index (χ1n) is 3.66. The van der Waals surface area contributed by atoms with Gasteiger partial charge in [0.15, 0.2) is 0 Å². The van der Waals surface area contributed by atoms with Crippen LogP contribution in [-0.2, 0) is 0 Å². The zero-order valence-electron chi connectivity index (χ0n) is 5.94. The van der Waals surface area contributed by atoms with Crippen LogP contribution in [0.4, 0.5) is 0 Å². The number of hydrogen-bond acceptors (Lipinski definition) is 4. The minimum Gasteiger partial charge on any atom is -0.387 e. The topological polar surface area (TPSA) is 76.7 Å². The SMILES string of the molecule is N=NC1(O)C2C=CC(C2)C1O. The molecule has 0 heterocycles. The van der Waals surface area contributed by atoms with Crippen LogP contribution in [0.3, 0.4) is 0 Å². The monoisotopic (exact) mass is 154 g/mol. The van der Waals surface area contributed by atoms with Crippen LogP contribution in [-0.4, -0.2) is 22.0 Å². The number of rotatable bonds is 1. The second-order valence-corrected chi connectivity index (χ2v) is 3.23. The first kappa shape index (κ1) is 6.94. The Bertz CT molecular complexity index is 228. The summed E-state index contributed by atoms with van der Waals surface area (Å²) in [5, 5.41) is 22.1. The zero-order valence-corrected chi connectivity index (χ0v) is 5.94. The van der Waals surface area contributed by atoms with Gasteiger partial charge in [-0.25, -0.2) is 5.53 Å². The summed E-state index contributed by atoms with van der Waals surface area (Å²) in [6, 6.07) is 0. The van der Waals surface area contributed by atoms with E-state index in [-0.39, 0.29) is 11.8 Å². The lowest BCUT2D eigenvalue weighted by Crippen LogP contribution is -2.43. The van der Waals surface area contributed by atoms with Crippen molar-refractivity contribution in [1.82, 2.24) is 0 Å². The lowest BCUT2D eigenvalue weighted by molar-refractivity contribution is -0.0822. The zero-order chi connectivity index (χ0) is 8.06. The number of aliphatic hydroxyl groups excluding tert-OH is 1. The number of nitrogens with zero attached hydrogens (tertiary/aromatic N) is 1. The van der Waals surface area contributed by atoms with Crippen molar-refractivity contribution in [2.75, 3.05) is 0 Å². The fraction of sp³-hybridized carbons (Fsp3) is 0.714. The minimum absolute atomic E-state index is 0.000833. The van der Waals surface area contributed by atoms with Crippen molar-refractivity contribution in [2.24, 2.45) is 17.0 Å². The highest BCUT2D eigenvalue weighted by atomic mass is 16.4. The van der Waals surface area contributed by atoms with Crippen molar-refractivity contribution in [1.29, 1.82) is 5.53 Å². The average Bonchev–Trinajstić information content (AvgIpc) is 2.56. The van der Waals surface area contributed by atoms with E-state index >= 15 is 0 Å². The van der Waals surface area contributed by atoms with Gasteiger partial charge in [0.05, 0.1) is 0 Å². The molecule has 0 amide bonds. The van der Waals surface area contributed by atoms with E-state index in [1.165, 1.54) is 0 Å². The van der Waals surface area contributed by atoms with Crippen LogP contribution in [0.15, 0.2) is 17.3 Å². The minimum atomic E-state index is -1.53. The first-order valence-corrected chi connectivity index (χ1v) is 3.66. The number of aliphatic hydroxyl groups is 2. The molecule has 4 heteroatoms. The molecule has 3 N–H and O–H groups in total. The van der Waals surface area contributed by atoms with Gasteiger partial charge >= 0.3 is 0 Å². The molecule has 60 valence electrons. The third kappa shape index (κ3) is 0.657. The summed E-state index contributed by atoms with van der Waals surface area (Å²) in [6.07, 6.45) is 3.56. The van der Waals surface area contributed by atoms with Crippen LogP contribution in [0.1, 0.15) is 6.42 Å². The molecule has 0 spiro atoms. The van der Waals surface area contributed by atoms with Crippen LogP contribution in [0.2, 0.25) is 0 Å². The smallest absolute Gasteiger partial charge is 0.208 e. The largest absolute Gasteiger partial charge is 0.387 e. The average molecular weight is 154 g/mol. The molecule has 2 aliphatic rings. The van der Waals surface area contributed by atoms with Crippen LogP contribution in [0.25, 0.3) is 0 Å². The van der Waals surface area contributed by atoms with Crippen molar-refractivity contribution in [3.05, 3.63) is 12.2 Å². The maximum atomic E-state index is 9.60. The van der Waals surface area contributed by atoms with Gasteiger partial charge in [-0.15, -0.1) is 0 Å². The molecule has 2 bridgehead atoms. The van der Waals surface area contributed by atoms with E-state index in [1.807, 2.05) is 12.2 Å². The van der Waals surface area contributed by atoms with E-state index in [9.17, 15) is 10.2 Å². The maximum absolute atomic E-state index is 9.60. The van der Waals surface area contributed by atoms with Gasteiger partial charge in [0.25, 0.3) is 0 Å². The van der Waals surface area contributed by atoms with Crippen molar-refractivity contribution >= 4 is 0 Å². The second kappa shape index (κ2) is 1.89. The fourth-order valence-corrected chi connectivity index (χ4v) is 1.96. The highest BCUT2D eigenvalue weighted by Gasteiger charge is 2.55. The summed E-state index contributed by atoms with van der Waals surface area (Å²) in [6.45, 7) is 0. The standard InChI is InChI=1S/C7H10N2O2/c8-9-7(11)5-2-1-4(3-5)6(7)10/h1-2,4-6,8,10-11H,3H2. The molecule has 4 nitrogen and oxygen atoms in total. The van der Waals surface area contributed by atoms with E-state index in [1.54, 1.807) is 0 Å². The molecule has 4 atom stereocenters. The molecule has 0 aliphatic heterocycles. The molecule has 11 heavy (non-hydrogen) atoms. The summed E-state index contributed by atoms with van der Waals surface area (Å²) in [7, 11) is 0. The highest BCUT2D eigenvalue weighted by molar-refractivity contribution is 5.19. The van der Waals surface area contributed by atoms with Crippen LogP contribution < -0.4 is 0 Å². The van der Waals surface area contributed by atoms with Gasteiger partial charge in [0, 0.05) is 11.8 Å². The number of nitrogens with one attached hydrogen (secondary N) is 1. The van der Waals surface area contributed by atoms with E-state index in [0.29, 0.717) is 0 Å². The molecular formula is C7H10N2O2. The molecule has 1 fully saturated rings. The summed E-state index contributed by atoms with van der Waals surface area (Å²) in [5.74, 6) is -0.154.